The fraction of sp³-hybridized carbons (Fsp3) is 0.958. The van der Waals surface area contributed by atoms with Crippen molar-refractivity contribution in [1.82, 2.24) is 0 Å². The molecule has 0 aromatic carbocycles. The van der Waals surface area contributed by atoms with Gasteiger partial charge in [-0.2, -0.15) is 0 Å². The Labute approximate surface area is 482 Å². The molecular formula is C71H138O6. The van der Waals surface area contributed by atoms with Crippen LogP contribution < -0.4 is 0 Å². The number of unbranched alkanes of at least 4 members (excludes halogenated alkanes) is 56. The number of carbonyl (C=O) groups excluding carboxylic acids is 3. The van der Waals surface area contributed by atoms with Crippen molar-refractivity contribution >= 4 is 17.9 Å². The summed E-state index contributed by atoms with van der Waals surface area (Å²) in [5.41, 5.74) is 0. The van der Waals surface area contributed by atoms with Crippen LogP contribution in [-0.2, 0) is 28.6 Å². The Bertz CT molecular complexity index is 1160. The minimum Gasteiger partial charge on any atom is -0.462 e. The summed E-state index contributed by atoms with van der Waals surface area (Å²) in [4.78, 5) is 38.5. The van der Waals surface area contributed by atoms with E-state index in [4.69, 9.17) is 14.2 Å². The summed E-state index contributed by atoms with van der Waals surface area (Å²) in [5.74, 6) is -0.817. The van der Waals surface area contributed by atoms with Gasteiger partial charge in [0.1, 0.15) is 13.2 Å². The van der Waals surface area contributed by atoms with Crippen LogP contribution in [-0.4, -0.2) is 37.2 Å². The van der Waals surface area contributed by atoms with Gasteiger partial charge in [0.2, 0.25) is 0 Å². The summed E-state index contributed by atoms with van der Waals surface area (Å²) in [6.45, 7) is 6.75. The van der Waals surface area contributed by atoms with Crippen LogP contribution >= 0.6 is 0 Å². The van der Waals surface area contributed by atoms with Crippen LogP contribution in [0.4, 0.5) is 0 Å². The van der Waals surface area contributed by atoms with E-state index in [1.165, 1.54) is 321 Å². The molecule has 0 rings (SSSR count). The number of rotatable bonds is 67. The van der Waals surface area contributed by atoms with Crippen molar-refractivity contribution in [2.75, 3.05) is 13.2 Å². The molecule has 0 heterocycles. The summed E-state index contributed by atoms with van der Waals surface area (Å²) < 4.78 is 17.0. The molecule has 1 atom stereocenters. The van der Waals surface area contributed by atoms with Crippen molar-refractivity contribution in [3.05, 3.63) is 0 Å². The molecule has 0 saturated heterocycles. The number of hydrogen-bond acceptors (Lipinski definition) is 6. The second kappa shape index (κ2) is 66.9. The van der Waals surface area contributed by atoms with Crippen LogP contribution in [0.25, 0.3) is 0 Å². The first-order valence-electron chi connectivity index (χ1n) is 35.5. The van der Waals surface area contributed by atoms with Crippen LogP contribution in [0.2, 0.25) is 0 Å². The Morgan fingerprint density at radius 2 is 0.351 bits per heavy atom. The van der Waals surface area contributed by atoms with Gasteiger partial charge in [-0.15, -0.1) is 0 Å². The first-order chi connectivity index (χ1) is 38.0. The zero-order valence-corrected chi connectivity index (χ0v) is 52.8. The summed E-state index contributed by atoms with van der Waals surface area (Å²) in [6, 6.07) is 0. The molecule has 0 spiro atoms. The Morgan fingerprint density at radius 3 is 0.519 bits per heavy atom. The van der Waals surface area contributed by atoms with Crippen molar-refractivity contribution in [3.63, 3.8) is 0 Å². The van der Waals surface area contributed by atoms with E-state index in [1.54, 1.807) is 0 Å². The maximum absolute atomic E-state index is 13.0. The molecule has 0 aromatic rings. The normalized spacial score (nSPS) is 11.9. The second-order valence-corrected chi connectivity index (χ2v) is 24.5. The first kappa shape index (κ1) is 75.4. The molecule has 0 aliphatic carbocycles. The third-order valence-electron chi connectivity index (χ3n) is 16.6. The zero-order chi connectivity index (χ0) is 55.7. The van der Waals surface area contributed by atoms with E-state index in [0.29, 0.717) is 19.3 Å². The summed E-state index contributed by atoms with van der Waals surface area (Å²) in [6.07, 6.45) is 78.4. The van der Waals surface area contributed by atoms with E-state index in [1.807, 2.05) is 0 Å². The van der Waals surface area contributed by atoms with E-state index in [9.17, 15) is 14.4 Å². The largest absolute Gasteiger partial charge is 0.462 e. The lowest BCUT2D eigenvalue weighted by Crippen LogP contribution is -2.30. The Morgan fingerprint density at radius 1 is 0.208 bits per heavy atom. The van der Waals surface area contributed by atoms with Gasteiger partial charge in [-0.25, -0.2) is 0 Å². The lowest BCUT2D eigenvalue weighted by molar-refractivity contribution is -0.167. The third-order valence-corrected chi connectivity index (χ3v) is 16.6. The van der Waals surface area contributed by atoms with Crippen LogP contribution in [0.3, 0.4) is 0 Å². The van der Waals surface area contributed by atoms with Gasteiger partial charge in [0.25, 0.3) is 0 Å². The minimum absolute atomic E-state index is 0.0600. The van der Waals surface area contributed by atoms with Gasteiger partial charge in [0.15, 0.2) is 6.10 Å². The van der Waals surface area contributed by atoms with Gasteiger partial charge in [0, 0.05) is 19.3 Å². The molecule has 0 saturated carbocycles. The predicted octanol–water partition coefficient (Wildman–Crippen LogP) is 24.2. The molecule has 0 aromatic heterocycles. The lowest BCUT2D eigenvalue weighted by atomic mass is 10.0. The molecule has 0 aliphatic heterocycles. The van der Waals surface area contributed by atoms with Crippen LogP contribution in [0.5, 0.6) is 0 Å². The fourth-order valence-electron chi connectivity index (χ4n) is 11.3. The topological polar surface area (TPSA) is 78.9 Å². The maximum atomic E-state index is 13.0. The van der Waals surface area contributed by atoms with Crippen molar-refractivity contribution in [2.24, 2.45) is 0 Å². The van der Waals surface area contributed by atoms with E-state index < -0.39 is 6.10 Å². The van der Waals surface area contributed by atoms with Crippen LogP contribution in [0, 0.1) is 0 Å². The molecule has 6 heteroatoms. The van der Waals surface area contributed by atoms with Crippen molar-refractivity contribution in [1.29, 1.82) is 0 Å². The summed E-state index contributed by atoms with van der Waals surface area (Å²) >= 11 is 0. The average molecular weight is 1090 g/mol. The van der Waals surface area contributed by atoms with E-state index >= 15 is 0 Å². The minimum atomic E-state index is -0.763. The lowest BCUT2D eigenvalue weighted by Gasteiger charge is -2.18. The van der Waals surface area contributed by atoms with Gasteiger partial charge in [0.05, 0.1) is 0 Å². The van der Waals surface area contributed by atoms with Crippen molar-refractivity contribution in [2.45, 2.75) is 425 Å². The fourth-order valence-corrected chi connectivity index (χ4v) is 11.3. The van der Waals surface area contributed by atoms with Gasteiger partial charge in [-0.05, 0) is 19.3 Å². The van der Waals surface area contributed by atoms with E-state index in [2.05, 4.69) is 20.8 Å². The predicted molar refractivity (Wildman–Crippen MR) is 335 cm³/mol. The Hall–Kier alpha value is -1.59. The second-order valence-electron chi connectivity index (χ2n) is 24.5. The molecule has 0 aliphatic rings. The Kier molecular flexibility index (Phi) is 65.5. The highest BCUT2D eigenvalue weighted by Crippen LogP contribution is 2.19. The van der Waals surface area contributed by atoms with Crippen LogP contribution in [0.15, 0.2) is 0 Å². The molecule has 6 nitrogen and oxygen atoms in total. The molecule has 0 fully saturated rings. The highest BCUT2D eigenvalue weighted by Gasteiger charge is 2.19. The molecular weight excluding hydrogens is 949 g/mol. The maximum Gasteiger partial charge on any atom is 0.306 e. The van der Waals surface area contributed by atoms with Crippen LogP contribution in [0.1, 0.15) is 419 Å². The van der Waals surface area contributed by atoms with Gasteiger partial charge < -0.3 is 14.2 Å². The monoisotopic (exact) mass is 1090 g/mol. The van der Waals surface area contributed by atoms with Gasteiger partial charge in [-0.3, -0.25) is 14.4 Å². The zero-order valence-electron chi connectivity index (χ0n) is 52.8. The Balaban J connectivity index is 4.25. The average Bonchev–Trinajstić information content (AvgIpc) is 3.43. The molecule has 0 N–H and O–H groups in total. The quantitative estimate of drug-likeness (QED) is 0.0343. The van der Waals surface area contributed by atoms with Crippen molar-refractivity contribution in [3.8, 4) is 0 Å². The summed E-state index contributed by atoms with van der Waals surface area (Å²) in [5, 5.41) is 0. The van der Waals surface area contributed by atoms with Gasteiger partial charge in [-0.1, -0.05) is 380 Å². The van der Waals surface area contributed by atoms with Crippen molar-refractivity contribution < 1.29 is 28.6 Å². The SMILES string of the molecule is CCCCCCCCCCCCCCCCCCCCCCCCCC(=O)OCC(COC(=O)CCCCCCCCCCCCCCCCCCC)OC(=O)CCCCCCCCCCCCCCCCCCCCC. The molecule has 77 heavy (non-hydrogen) atoms. The number of carbonyl (C=O) groups is 3. The molecule has 0 amide bonds. The highest BCUT2D eigenvalue weighted by molar-refractivity contribution is 5.71. The van der Waals surface area contributed by atoms with E-state index in [0.717, 1.165) is 57.8 Å². The standard InChI is InChI=1S/C71H138O6/c1-4-7-10-13-16-19-22-25-28-31-33-34-35-36-38-40-43-46-49-52-55-58-61-64-70(73)76-67-68(66-75-69(72)63-60-57-54-51-48-45-42-39-30-27-24-21-18-15-12-9-6-3)77-71(74)65-62-59-56-53-50-47-44-41-37-32-29-26-23-20-17-14-11-8-5-2/h68H,4-67H2,1-3H3. The smallest absolute Gasteiger partial charge is 0.306 e. The number of ether oxygens (including phenoxy) is 3. The highest BCUT2D eigenvalue weighted by atomic mass is 16.6. The molecule has 1 unspecified atom stereocenters. The first-order valence-corrected chi connectivity index (χ1v) is 35.5. The van der Waals surface area contributed by atoms with Gasteiger partial charge >= 0.3 is 17.9 Å². The summed E-state index contributed by atoms with van der Waals surface area (Å²) in [7, 11) is 0. The molecule has 458 valence electrons. The van der Waals surface area contributed by atoms with E-state index in [-0.39, 0.29) is 31.1 Å². The molecule has 0 bridgehead atoms. The third kappa shape index (κ3) is 65.1. The number of esters is 3. The number of hydrogen-bond donors (Lipinski definition) is 0. The molecule has 0 radical (unpaired) electrons.